The zero-order valence-corrected chi connectivity index (χ0v) is 11.3. The van der Waals surface area contributed by atoms with Crippen molar-refractivity contribution in [2.24, 2.45) is 0 Å². The molecular formula is C16H22O2. The van der Waals surface area contributed by atoms with Crippen molar-refractivity contribution in [1.82, 2.24) is 0 Å². The van der Waals surface area contributed by atoms with Gasteiger partial charge < -0.3 is 4.74 Å². The van der Waals surface area contributed by atoms with E-state index in [0.717, 1.165) is 19.3 Å². The molecule has 1 aromatic carbocycles. The lowest BCUT2D eigenvalue weighted by molar-refractivity contribution is -0.129. The van der Waals surface area contributed by atoms with Gasteiger partial charge in [-0.25, -0.2) is 0 Å². The highest BCUT2D eigenvalue weighted by atomic mass is 16.5. The van der Waals surface area contributed by atoms with Crippen molar-refractivity contribution in [3.05, 3.63) is 35.9 Å². The summed E-state index contributed by atoms with van der Waals surface area (Å²) in [7, 11) is 0. The highest BCUT2D eigenvalue weighted by Crippen LogP contribution is 2.45. The number of carbonyl (C=O) groups excluding carboxylic acids is 1. The number of rotatable bonds is 6. The van der Waals surface area contributed by atoms with E-state index in [0.29, 0.717) is 18.8 Å². The second-order valence-electron chi connectivity index (χ2n) is 5.39. The molecule has 0 amide bonds. The van der Waals surface area contributed by atoms with E-state index < -0.39 is 0 Å². The summed E-state index contributed by atoms with van der Waals surface area (Å²) in [4.78, 5) is 12.4. The Labute approximate surface area is 109 Å². The van der Waals surface area contributed by atoms with Gasteiger partial charge >= 0.3 is 0 Å². The third-order valence-electron chi connectivity index (χ3n) is 3.85. The topological polar surface area (TPSA) is 26.3 Å². The number of Topliss-reactive ketones (excluding diaryl/α,β-unsaturated/α-hetero) is 1. The second kappa shape index (κ2) is 5.66. The number of hydrogen-bond donors (Lipinski definition) is 0. The second-order valence-corrected chi connectivity index (χ2v) is 5.39. The third-order valence-corrected chi connectivity index (χ3v) is 3.85. The minimum Gasteiger partial charge on any atom is -0.378 e. The first-order valence-corrected chi connectivity index (χ1v) is 6.85. The molecule has 0 aliphatic heterocycles. The van der Waals surface area contributed by atoms with Gasteiger partial charge in [0.05, 0.1) is 18.1 Å². The fraction of sp³-hybridized carbons (Fsp3) is 0.562. The molecule has 1 saturated carbocycles. The Morgan fingerprint density at radius 1 is 1.28 bits per heavy atom. The van der Waals surface area contributed by atoms with E-state index in [2.05, 4.69) is 12.1 Å². The van der Waals surface area contributed by atoms with E-state index in [1.54, 1.807) is 0 Å². The predicted molar refractivity (Wildman–Crippen MR) is 72.7 cm³/mol. The average Bonchev–Trinajstić information content (AvgIpc) is 2.28. The van der Waals surface area contributed by atoms with Crippen molar-refractivity contribution < 1.29 is 9.53 Å². The zero-order valence-electron chi connectivity index (χ0n) is 11.3. The summed E-state index contributed by atoms with van der Waals surface area (Å²) in [5.74, 6) is 0.348. The van der Waals surface area contributed by atoms with Crippen LogP contribution in [0.3, 0.4) is 0 Å². The van der Waals surface area contributed by atoms with Crippen molar-refractivity contribution in [1.29, 1.82) is 0 Å². The summed E-state index contributed by atoms with van der Waals surface area (Å²) in [5.41, 5.74) is 0.979. The van der Waals surface area contributed by atoms with Crippen molar-refractivity contribution >= 4 is 5.78 Å². The van der Waals surface area contributed by atoms with Gasteiger partial charge in [-0.15, -0.1) is 0 Å². The first kappa shape index (κ1) is 13.3. The molecule has 98 valence electrons. The van der Waals surface area contributed by atoms with Gasteiger partial charge in [0.25, 0.3) is 0 Å². The lowest BCUT2D eigenvalue weighted by Gasteiger charge is -2.41. The molecule has 2 nitrogen and oxygen atoms in total. The maximum atomic E-state index is 12.4. The summed E-state index contributed by atoms with van der Waals surface area (Å²) in [5, 5.41) is 0. The van der Waals surface area contributed by atoms with Gasteiger partial charge in [-0.2, -0.15) is 0 Å². The minimum absolute atomic E-state index is 0.201. The molecule has 0 spiro atoms. The van der Waals surface area contributed by atoms with Crippen molar-refractivity contribution in [3.63, 3.8) is 0 Å². The molecule has 1 aliphatic rings. The van der Waals surface area contributed by atoms with Crippen LogP contribution < -0.4 is 0 Å². The van der Waals surface area contributed by atoms with E-state index in [9.17, 15) is 4.79 Å². The van der Waals surface area contributed by atoms with Crippen LogP contribution in [0.4, 0.5) is 0 Å². The smallest absolute Gasteiger partial charge is 0.145 e. The molecule has 18 heavy (non-hydrogen) atoms. The maximum absolute atomic E-state index is 12.4. The molecule has 0 atom stereocenters. The van der Waals surface area contributed by atoms with E-state index in [1.807, 2.05) is 32.0 Å². The molecule has 1 aromatic rings. The van der Waals surface area contributed by atoms with Crippen LogP contribution in [0.2, 0.25) is 0 Å². The van der Waals surface area contributed by atoms with Gasteiger partial charge in [0.1, 0.15) is 5.78 Å². The van der Waals surface area contributed by atoms with Crippen molar-refractivity contribution in [2.45, 2.75) is 51.0 Å². The summed E-state index contributed by atoms with van der Waals surface area (Å²) in [6.45, 7) is 4.55. The molecule has 0 saturated heterocycles. The Morgan fingerprint density at radius 3 is 2.44 bits per heavy atom. The lowest BCUT2D eigenvalue weighted by Crippen LogP contribution is -2.42. The van der Waals surface area contributed by atoms with Gasteiger partial charge in [0, 0.05) is 6.42 Å². The van der Waals surface area contributed by atoms with Crippen LogP contribution in [0.15, 0.2) is 30.3 Å². The average molecular weight is 246 g/mol. The fourth-order valence-electron chi connectivity index (χ4n) is 2.64. The molecule has 1 fully saturated rings. The van der Waals surface area contributed by atoms with Crippen LogP contribution in [0.1, 0.15) is 45.1 Å². The Balaban J connectivity index is 2.02. The van der Waals surface area contributed by atoms with Gasteiger partial charge in [0.2, 0.25) is 0 Å². The molecule has 0 radical (unpaired) electrons. The first-order chi connectivity index (χ1) is 8.65. The Kier molecular flexibility index (Phi) is 4.18. The Bertz CT molecular complexity index is 391. The molecule has 0 heterocycles. The van der Waals surface area contributed by atoms with Crippen LogP contribution in [0.25, 0.3) is 0 Å². The number of hydrogen-bond acceptors (Lipinski definition) is 2. The molecule has 1 aliphatic carbocycles. The van der Waals surface area contributed by atoms with Crippen molar-refractivity contribution in [3.8, 4) is 0 Å². The normalized spacial score (nSPS) is 17.5. The Hall–Kier alpha value is -1.15. The van der Waals surface area contributed by atoms with Crippen molar-refractivity contribution in [2.75, 3.05) is 6.61 Å². The molecule has 0 aromatic heterocycles. The van der Waals surface area contributed by atoms with Gasteiger partial charge in [0.15, 0.2) is 0 Å². The lowest BCUT2D eigenvalue weighted by atomic mass is 9.61. The molecule has 0 N–H and O–H groups in total. The summed E-state index contributed by atoms with van der Waals surface area (Å²) < 4.78 is 5.49. The van der Waals surface area contributed by atoms with Crippen LogP contribution in [-0.4, -0.2) is 18.5 Å². The largest absolute Gasteiger partial charge is 0.378 e. The van der Waals surface area contributed by atoms with Crippen LogP contribution in [0, 0.1) is 0 Å². The van der Waals surface area contributed by atoms with Gasteiger partial charge in [-0.3, -0.25) is 4.79 Å². The monoisotopic (exact) mass is 246 g/mol. The number of benzene rings is 1. The molecule has 2 rings (SSSR count). The molecule has 0 unspecified atom stereocenters. The number of ketones is 1. The number of ether oxygens (including phenoxy) is 1. The zero-order chi connectivity index (χ0) is 13.0. The quantitative estimate of drug-likeness (QED) is 0.768. The first-order valence-electron chi connectivity index (χ1n) is 6.85. The third kappa shape index (κ3) is 2.64. The van der Waals surface area contributed by atoms with Gasteiger partial charge in [-0.1, -0.05) is 36.8 Å². The Morgan fingerprint density at radius 2 is 1.94 bits per heavy atom. The fourth-order valence-corrected chi connectivity index (χ4v) is 2.64. The summed E-state index contributed by atoms with van der Waals surface area (Å²) >= 11 is 0. The SMILES string of the molecule is CC(C)OCCC(=O)C1(c2ccccc2)CCC1. The summed E-state index contributed by atoms with van der Waals surface area (Å²) in [6, 6.07) is 10.2. The molecule has 0 bridgehead atoms. The molecular weight excluding hydrogens is 224 g/mol. The highest BCUT2D eigenvalue weighted by molar-refractivity contribution is 5.91. The van der Waals surface area contributed by atoms with Crippen LogP contribution in [-0.2, 0) is 14.9 Å². The minimum atomic E-state index is -0.207. The maximum Gasteiger partial charge on any atom is 0.145 e. The van der Waals surface area contributed by atoms with E-state index in [-0.39, 0.29) is 11.5 Å². The van der Waals surface area contributed by atoms with E-state index >= 15 is 0 Å². The van der Waals surface area contributed by atoms with E-state index in [1.165, 1.54) is 5.56 Å². The summed E-state index contributed by atoms with van der Waals surface area (Å²) in [6.07, 6.45) is 3.89. The van der Waals surface area contributed by atoms with E-state index in [4.69, 9.17) is 4.74 Å². The van der Waals surface area contributed by atoms with Gasteiger partial charge in [-0.05, 0) is 32.3 Å². The standard InChI is InChI=1S/C16H22O2/c1-13(2)18-12-9-15(17)16(10-6-11-16)14-7-4-3-5-8-14/h3-5,7-8,13H,6,9-12H2,1-2H3. The highest BCUT2D eigenvalue weighted by Gasteiger charge is 2.44. The molecule has 2 heteroatoms. The van der Waals surface area contributed by atoms with Crippen LogP contribution >= 0.6 is 0 Å². The van der Waals surface area contributed by atoms with Crippen LogP contribution in [0.5, 0.6) is 0 Å². The predicted octanol–water partition coefficient (Wildman–Crippen LogP) is 3.49. The number of carbonyl (C=O) groups is 1.